The number of aromatic nitrogens is 2. The zero-order valence-electron chi connectivity index (χ0n) is 15.0. The number of amides is 1. The quantitative estimate of drug-likeness (QED) is 0.730. The number of rotatable bonds is 5. The average Bonchev–Trinajstić information content (AvgIpc) is 3.10. The van der Waals surface area contributed by atoms with E-state index in [-0.39, 0.29) is 6.54 Å². The minimum absolute atomic E-state index is 0.271. The van der Waals surface area contributed by atoms with Gasteiger partial charge in [0, 0.05) is 18.3 Å². The normalized spacial score (nSPS) is 10.6. The molecule has 0 spiro atoms. The number of aryl methyl sites for hydroxylation is 2. The van der Waals surface area contributed by atoms with Crippen LogP contribution in [0, 0.1) is 13.8 Å². The predicted octanol–water partition coefficient (Wildman–Crippen LogP) is 3.93. The second-order valence-electron chi connectivity index (χ2n) is 6.10. The molecule has 6 nitrogen and oxygen atoms in total. The Balaban J connectivity index is 1.90. The molecule has 0 atom stereocenters. The maximum atomic E-state index is 10.7. The van der Waals surface area contributed by atoms with Crippen LogP contribution < -0.4 is 10.1 Å². The number of benzene rings is 2. The van der Waals surface area contributed by atoms with E-state index in [1.807, 2.05) is 67.2 Å². The van der Waals surface area contributed by atoms with Crippen molar-refractivity contribution in [3.63, 3.8) is 0 Å². The van der Waals surface area contributed by atoms with Gasteiger partial charge in [-0.15, -0.1) is 0 Å². The minimum Gasteiger partial charge on any atom is -0.497 e. The standard InChI is InChI=1S/C20H21N3O3/c1-13-4-5-15(11-16(13)12-21-20(24)25)18-8-9-23(22-18)19-7-6-17(26-3)10-14(19)2/h4-11,21H,12H2,1-3H3,(H,24,25). The summed E-state index contributed by atoms with van der Waals surface area (Å²) in [4.78, 5) is 10.7. The zero-order valence-corrected chi connectivity index (χ0v) is 15.0. The Hall–Kier alpha value is -3.28. The Bertz CT molecular complexity index is 947. The lowest BCUT2D eigenvalue weighted by atomic mass is 10.0. The largest absolute Gasteiger partial charge is 0.497 e. The van der Waals surface area contributed by atoms with Gasteiger partial charge in [0.25, 0.3) is 0 Å². The second kappa shape index (κ2) is 7.31. The van der Waals surface area contributed by atoms with Crippen LogP contribution in [-0.4, -0.2) is 28.1 Å². The summed E-state index contributed by atoms with van der Waals surface area (Å²) in [5.74, 6) is 0.813. The summed E-state index contributed by atoms with van der Waals surface area (Å²) in [6, 6.07) is 13.7. The van der Waals surface area contributed by atoms with E-state index in [0.29, 0.717) is 0 Å². The highest BCUT2D eigenvalue weighted by atomic mass is 16.5. The van der Waals surface area contributed by atoms with Gasteiger partial charge in [-0.2, -0.15) is 5.10 Å². The summed E-state index contributed by atoms with van der Waals surface area (Å²) < 4.78 is 7.08. The molecule has 0 unspecified atom stereocenters. The van der Waals surface area contributed by atoms with E-state index in [9.17, 15) is 4.79 Å². The smallest absolute Gasteiger partial charge is 0.404 e. The van der Waals surface area contributed by atoms with Crippen molar-refractivity contribution in [2.75, 3.05) is 7.11 Å². The van der Waals surface area contributed by atoms with Crippen LogP contribution in [0.3, 0.4) is 0 Å². The molecule has 6 heteroatoms. The van der Waals surface area contributed by atoms with Crippen LogP contribution in [0.1, 0.15) is 16.7 Å². The van der Waals surface area contributed by atoms with E-state index in [2.05, 4.69) is 10.4 Å². The molecule has 134 valence electrons. The van der Waals surface area contributed by atoms with E-state index in [4.69, 9.17) is 9.84 Å². The highest BCUT2D eigenvalue weighted by Gasteiger charge is 2.09. The maximum Gasteiger partial charge on any atom is 0.404 e. The summed E-state index contributed by atoms with van der Waals surface area (Å²) in [7, 11) is 1.65. The lowest BCUT2D eigenvalue weighted by Gasteiger charge is -2.09. The minimum atomic E-state index is -1.03. The number of ether oxygens (including phenoxy) is 1. The molecule has 0 bridgehead atoms. The van der Waals surface area contributed by atoms with Crippen LogP contribution >= 0.6 is 0 Å². The first kappa shape index (κ1) is 17.5. The van der Waals surface area contributed by atoms with Crippen LogP contribution in [0.2, 0.25) is 0 Å². The fraction of sp³-hybridized carbons (Fsp3) is 0.200. The molecule has 0 radical (unpaired) electrons. The van der Waals surface area contributed by atoms with Gasteiger partial charge in [0.1, 0.15) is 5.75 Å². The van der Waals surface area contributed by atoms with Gasteiger partial charge in [0.15, 0.2) is 0 Å². The predicted molar refractivity (Wildman–Crippen MR) is 99.9 cm³/mol. The summed E-state index contributed by atoms with van der Waals surface area (Å²) in [6.45, 7) is 4.25. The number of hydrogen-bond acceptors (Lipinski definition) is 3. The summed E-state index contributed by atoms with van der Waals surface area (Å²) in [6.07, 6.45) is 0.883. The van der Waals surface area contributed by atoms with Gasteiger partial charge in [-0.05, 0) is 60.9 Å². The fourth-order valence-electron chi connectivity index (χ4n) is 2.82. The van der Waals surface area contributed by atoms with E-state index in [0.717, 1.165) is 39.4 Å². The monoisotopic (exact) mass is 351 g/mol. The third-order valence-corrected chi connectivity index (χ3v) is 4.31. The second-order valence-corrected chi connectivity index (χ2v) is 6.10. The molecular weight excluding hydrogens is 330 g/mol. The topological polar surface area (TPSA) is 76.4 Å². The average molecular weight is 351 g/mol. The molecule has 1 heterocycles. The molecule has 0 fully saturated rings. The molecule has 3 rings (SSSR count). The molecule has 0 aliphatic rings. The molecule has 0 aliphatic heterocycles. The van der Waals surface area contributed by atoms with Gasteiger partial charge in [-0.1, -0.05) is 12.1 Å². The van der Waals surface area contributed by atoms with Crippen molar-refractivity contribution in [1.29, 1.82) is 0 Å². The molecule has 3 aromatic rings. The van der Waals surface area contributed by atoms with Crippen molar-refractivity contribution < 1.29 is 14.6 Å². The molecule has 1 aromatic heterocycles. The number of carboxylic acid groups (broad SMARTS) is 1. The number of nitrogens with zero attached hydrogens (tertiary/aromatic N) is 2. The summed E-state index contributed by atoms with van der Waals surface area (Å²) in [5, 5.41) is 15.9. The van der Waals surface area contributed by atoms with Gasteiger partial charge in [0.05, 0.1) is 18.5 Å². The molecule has 2 aromatic carbocycles. The van der Waals surface area contributed by atoms with E-state index in [1.54, 1.807) is 7.11 Å². The van der Waals surface area contributed by atoms with E-state index in [1.165, 1.54) is 0 Å². The third kappa shape index (κ3) is 3.69. The molecule has 0 aliphatic carbocycles. The molecule has 0 saturated carbocycles. The first-order valence-corrected chi connectivity index (χ1v) is 8.25. The number of nitrogens with one attached hydrogen (secondary N) is 1. The van der Waals surface area contributed by atoms with Gasteiger partial charge in [-0.25, -0.2) is 9.48 Å². The highest BCUT2D eigenvalue weighted by molar-refractivity contribution is 5.65. The van der Waals surface area contributed by atoms with Gasteiger partial charge in [-0.3, -0.25) is 0 Å². The van der Waals surface area contributed by atoms with E-state index < -0.39 is 6.09 Å². The molecule has 0 saturated heterocycles. The van der Waals surface area contributed by atoms with Crippen LogP contribution in [0.5, 0.6) is 5.75 Å². The van der Waals surface area contributed by atoms with Crippen molar-refractivity contribution in [2.24, 2.45) is 0 Å². The van der Waals surface area contributed by atoms with Crippen molar-refractivity contribution in [2.45, 2.75) is 20.4 Å². The first-order chi connectivity index (χ1) is 12.5. The van der Waals surface area contributed by atoms with E-state index >= 15 is 0 Å². The van der Waals surface area contributed by atoms with Gasteiger partial charge < -0.3 is 15.2 Å². The SMILES string of the molecule is COc1ccc(-n2ccc(-c3ccc(C)c(CNC(=O)O)c3)n2)c(C)c1. The molecule has 26 heavy (non-hydrogen) atoms. The number of methoxy groups -OCH3 is 1. The summed E-state index contributed by atoms with van der Waals surface area (Å²) in [5.41, 5.74) is 5.79. The maximum absolute atomic E-state index is 10.7. The van der Waals surface area contributed by atoms with Crippen molar-refractivity contribution in [3.05, 3.63) is 65.4 Å². The highest BCUT2D eigenvalue weighted by Crippen LogP contribution is 2.24. The van der Waals surface area contributed by atoms with Gasteiger partial charge >= 0.3 is 6.09 Å². The Morgan fingerprint density at radius 3 is 2.65 bits per heavy atom. The Morgan fingerprint density at radius 2 is 1.96 bits per heavy atom. The number of carbonyl (C=O) groups is 1. The van der Waals surface area contributed by atoms with Crippen LogP contribution in [0.15, 0.2) is 48.7 Å². The van der Waals surface area contributed by atoms with Crippen LogP contribution in [0.25, 0.3) is 16.9 Å². The Morgan fingerprint density at radius 1 is 1.15 bits per heavy atom. The fourth-order valence-corrected chi connectivity index (χ4v) is 2.82. The van der Waals surface area contributed by atoms with Crippen LogP contribution in [-0.2, 0) is 6.54 Å². The molecule has 1 amide bonds. The Kier molecular flexibility index (Phi) is 4.93. The van der Waals surface area contributed by atoms with Crippen molar-refractivity contribution >= 4 is 6.09 Å². The lowest BCUT2D eigenvalue weighted by molar-refractivity contribution is 0.194. The van der Waals surface area contributed by atoms with Crippen LogP contribution in [0.4, 0.5) is 4.79 Å². The molecular formula is C20H21N3O3. The first-order valence-electron chi connectivity index (χ1n) is 8.25. The van der Waals surface area contributed by atoms with Crippen molar-refractivity contribution in [3.8, 4) is 22.7 Å². The number of hydrogen-bond donors (Lipinski definition) is 2. The molecule has 2 N–H and O–H groups in total. The lowest BCUT2D eigenvalue weighted by Crippen LogP contribution is -2.20. The third-order valence-electron chi connectivity index (χ3n) is 4.31. The van der Waals surface area contributed by atoms with Crippen molar-refractivity contribution in [1.82, 2.24) is 15.1 Å². The Labute approximate surface area is 152 Å². The van der Waals surface area contributed by atoms with Gasteiger partial charge in [0.2, 0.25) is 0 Å². The zero-order chi connectivity index (χ0) is 18.7. The summed E-state index contributed by atoms with van der Waals surface area (Å²) >= 11 is 0.